The Labute approximate surface area is 129 Å². The molecule has 2 unspecified atom stereocenters. The molecule has 1 saturated carbocycles. The van der Waals surface area contributed by atoms with Gasteiger partial charge < -0.3 is 5.32 Å². The molecule has 114 valence electrons. The zero-order valence-corrected chi connectivity index (χ0v) is 12.8. The van der Waals surface area contributed by atoms with Crippen LogP contribution in [0, 0.1) is 11.8 Å². The SMILES string of the molecule is CC1(C)C(=O)Nc2ccc(C3=NNC(=O)C4CCCC34)cc21. The number of rotatable bonds is 1. The van der Waals surface area contributed by atoms with E-state index in [1.165, 1.54) is 0 Å². The Balaban J connectivity index is 1.77. The number of hydrazone groups is 1. The zero-order valence-electron chi connectivity index (χ0n) is 12.8. The Hall–Kier alpha value is -2.17. The van der Waals surface area contributed by atoms with E-state index < -0.39 is 5.41 Å². The molecule has 2 heterocycles. The highest BCUT2D eigenvalue weighted by Crippen LogP contribution is 2.40. The lowest BCUT2D eigenvalue weighted by Crippen LogP contribution is -2.39. The molecule has 4 rings (SSSR count). The summed E-state index contributed by atoms with van der Waals surface area (Å²) in [5, 5.41) is 7.25. The van der Waals surface area contributed by atoms with Crippen molar-refractivity contribution in [2.24, 2.45) is 16.9 Å². The first kappa shape index (κ1) is 13.5. The third-order valence-corrected chi connectivity index (χ3v) is 5.30. The summed E-state index contributed by atoms with van der Waals surface area (Å²) in [5.41, 5.74) is 5.99. The van der Waals surface area contributed by atoms with Gasteiger partial charge in [0, 0.05) is 17.5 Å². The Morgan fingerprint density at radius 3 is 2.77 bits per heavy atom. The third kappa shape index (κ3) is 1.74. The first-order valence-electron chi connectivity index (χ1n) is 7.82. The maximum absolute atomic E-state index is 12.1. The Morgan fingerprint density at radius 1 is 1.18 bits per heavy atom. The van der Waals surface area contributed by atoms with Gasteiger partial charge in [-0.15, -0.1) is 0 Å². The molecule has 1 aromatic rings. The Kier molecular flexibility index (Phi) is 2.71. The fourth-order valence-corrected chi connectivity index (χ4v) is 3.89. The minimum atomic E-state index is -0.529. The van der Waals surface area contributed by atoms with Crippen molar-refractivity contribution in [3.63, 3.8) is 0 Å². The van der Waals surface area contributed by atoms with E-state index in [9.17, 15) is 9.59 Å². The summed E-state index contributed by atoms with van der Waals surface area (Å²) in [6, 6.07) is 5.99. The zero-order chi connectivity index (χ0) is 15.5. The number of carbonyl (C=O) groups is 2. The molecule has 0 radical (unpaired) electrons. The minimum absolute atomic E-state index is 0.0253. The predicted molar refractivity (Wildman–Crippen MR) is 83.6 cm³/mol. The van der Waals surface area contributed by atoms with E-state index in [4.69, 9.17) is 0 Å². The molecule has 0 aromatic heterocycles. The van der Waals surface area contributed by atoms with Crippen LogP contribution in [-0.4, -0.2) is 17.5 Å². The normalized spacial score (nSPS) is 28.5. The standard InChI is InChI=1S/C17H19N3O2/c1-17(2)12-8-9(6-7-13(12)18-16(17)22)14-10-4-3-5-11(10)15(21)20-19-14/h6-8,10-11H,3-5H2,1-2H3,(H,18,22)(H,20,21). The topological polar surface area (TPSA) is 70.6 Å². The van der Waals surface area contributed by atoms with Crippen LogP contribution in [0.5, 0.6) is 0 Å². The van der Waals surface area contributed by atoms with Crippen LogP contribution in [0.3, 0.4) is 0 Å². The minimum Gasteiger partial charge on any atom is -0.325 e. The highest BCUT2D eigenvalue weighted by atomic mass is 16.2. The van der Waals surface area contributed by atoms with Crippen LogP contribution in [0.1, 0.15) is 44.2 Å². The second-order valence-corrected chi connectivity index (χ2v) is 6.96. The van der Waals surface area contributed by atoms with Crippen LogP contribution in [0.4, 0.5) is 5.69 Å². The van der Waals surface area contributed by atoms with E-state index in [2.05, 4.69) is 21.9 Å². The molecule has 2 aliphatic heterocycles. The van der Waals surface area contributed by atoms with Crippen LogP contribution in [0.15, 0.2) is 23.3 Å². The average molecular weight is 297 g/mol. The summed E-state index contributed by atoms with van der Waals surface area (Å²) in [6.45, 7) is 3.86. The van der Waals surface area contributed by atoms with Gasteiger partial charge in [-0.25, -0.2) is 5.43 Å². The van der Waals surface area contributed by atoms with Crippen molar-refractivity contribution < 1.29 is 9.59 Å². The fourth-order valence-electron chi connectivity index (χ4n) is 3.89. The van der Waals surface area contributed by atoms with Crippen molar-refractivity contribution in [1.82, 2.24) is 5.43 Å². The summed E-state index contributed by atoms with van der Waals surface area (Å²) in [7, 11) is 0. The van der Waals surface area contributed by atoms with Crippen molar-refractivity contribution in [1.29, 1.82) is 0 Å². The number of hydrogen-bond acceptors (Lipinski definition) is 3. The molecule has 22 heavy (non-hydrogen) atoms. The van der Waals surface area contributed by atoms with Crippen molar-refractivity contribution in [3.8, 4) is 0 Å². The summed E-state index contributed by atoms with van der Waals surface area (Å²) in [6.07, 6.45) is 3.01. The summed E-state index contributed by atoms with van der Waals surface area (Å²) < 4.78 is 0. The molecule has 0 saturated heterocycles. The van der Waals surface area contributed by atoms with Gasteiger partial charge in [-0.2, -0.15) is 5.10 Å². The van der Waals surface area contributed by atoms with Gasteiger partial charge in [-0.3, -0.25) is 9.59 Å². The monoisotopic (exact) mass is 297 g/mol. The summed E-state index contributed by atoms with van der Waals surface area (Å²) >= 11 is 0. The van der Waals surface area contributed by atoms with Gasteiger partial charge in [-0.1, -0.05) is 12.5 Å². The third-order valence-electron chi connectivity index (χ3n) is 5.30. The average Bonchev–Trinajstić information content (AvgIpc) is 3.05. The summed E-state index contributed by atoms with van der Waals surface area (Å²) in [5.74, 6) is 0.329. The number of hydrogen-bond donors (Lipinski definition) is 2. The van der Waals surface area contributed by atoms with E-state index in [1.807, 2.05) is 26.0 Å². The van der Waals surface area contributed by atoms with Crippen molar-refractivity contribution >= 4 is 23.2 Å². The fraction of sp³-hybridized carbons (Fsp3) is 0.471. The van der Waals surface area contributed by atoms with Crippen LogP contribution in [0.25, 0.3) is 0 Å². The van der Waals surface area contributed by atoms with Crippen molar-refractivity contribution in [2.45, 2.75) is 38.5 Å². The lowest BCUT2D eigenvalue weighted by atomic mass is 9.82. The van der Waals surface area contributed by atoms with E-state index in [0.717, 1.165) is 41.8 Å². The number of carbonyl (C=O) groups excluding carboxylic acids is 2. The number of amides is 2. The molecule has 2 N–H and O–H groups in total. The molecule has 1 fully saturated rings. The van der Waals surface area contributed by atoms with E-state index >= 15 is 0 Å². The lowest BCUT2D eigenvalue weighted by Gasteiger charge is -2.25. The van der Waals surface area contributed by atoms with Gasteiger partial charge in [0.15, 0.2) is 0 Å². The number of benzene rings is 1. The first-order chi connectivity index (χ1) is 10.5. The predicted octanol–water partition coefficient (Wildman–Crippen LogP) is 2.17. The van der Waals surface area contributed by atoms with E-state index in [1.54, 1.807) is 0 Å². The van der Waals surface area contributed by atoms with Gasteiger partial charge in [0.25, 0.3) is 0 Å². The molecular weight excluding hydrogens is 278 g/mol. The van der Waals surface area contributed by atoms with Crippen LogP contribution in [0.2, 0.25) is 0 Å². The number of anilines is 1. The Morgan fingerprint density at radius 2 is 1.95 bits per heavy atom. The molecule has 0 spiro atoms. The molecule has 0 bridgehead atoms. The summed E-state index contributed by atoms with van der Waals surface area (Å²) in [4.78, 5) is 24.0. The second kappa shape index (κ2) is 4.41. The van der Waals surface area contributed by atoms with Gasteiger partial charge in [0.1, 0.15) is 0 Å². The van der Waals surface area contributed by atoms with Gasteiger partial charge >= 0.3 is 0 Å². The van der Waals surface area contributed by atoms with Gasteiger partial charge in [0.2, 0.25) is 11.8 Å². The number of fused-ring (bicyclic) bond motifs is 2. The second-order valence-electron chi connectivity index (χ2n) is 6.96. The van der Waals surface area contributed by atoms with Crippen molar-refractivity contribution in [2.75, 3.05) is 5.32 Å². The van der Waals surface area contributed by atoms with E-state index in [0.29, 0.717) is 0 Å². The smallest absolute Gasteiger partial charge is 0.243 e. The van der Waals surface area contributed by atoms with Gasteiger partial charge in [-0.05, 0) is 49.9 Å². The van der Waals surface area contributed by atoms with Crippen molar-refractivity contribution in [3.05, 3.63) is 29.3 Å². The largest absolute Gasteiger partial charge is 0.325 e. The number of nitrogens with zero attached hydrogens (tertiary/aromatic N) is 1. The lowest BCUT2D eigenvalue weighted by molar-refractivity contribution is -0.126. The Bertz CT molecular complexity index is 721. The van der Waals surface area contributed by atoms with Crippen LogP contribution >= 0.6 is 0 Å². The maximum atomic E-state index is 12.1. The molecule has 1 aliphatic carbocycles. The van der Waals surface area contributed by atoms with Crippen LogP contribution < -0.4 is 10.7 Å². The molecular formula is C17H19N3O2. The first-order valence-corrected chi connectivity index (χ1v) is 7.82. The highest BCUT2D eigenvalue weighted by molar-refractivity contribution is 6.10. The van der Waals surface area contributed by atoms with E-state index in [-0.39, 0.29) is 23.7 Å². The maximum Gasteiger partial charge on any atom is 0.243 e. The molecule has 3 aliphatic rings. The highest BCUT2D eigenvalue weighted by Gasteiger charge is 2.42. The molecule has 1 aromatic carbocycles. The molecule has 2 amide bonds. The molecule has 5 heteroatoms. The molecule has 2 atom stereocenters. The molecule has 5 nitrogen and oxygen atoms in total. The number of nitrogens with one attached hydrogen (secondary N) is 2. The van der Waals surface area contributed by atoms with Crippen LogP contribution in [-0.2, 0) is 15.0 Å². The quantitative estimate of drug-likeness (QED) is 0.834. The van der Waals surface area contributed by atoms with Gasteiger partial charge in [0.05, 0.1) is 11.1 Å².